The van der Waals surface area contributed by atoms with E-state index in [0.717, 1.165) is 24.0 Å². The molecule has 1 aromatic rings. The Morgan fingerprint density at radius 3 is 2.54 bits per heavy atom. The van der Waals surface area contributed by atoms with Gasteiger partial charge < -0.3 is 4.57 Å². The Balaban J connectivity index is 2.32. The van der Waals surface area contributed by atoms with Crippen molar-refractivity contribution in [1.82, 2.24) is 0 Å². The maximum Gasteiger partial charge on any atom is 0.115 e. The molecule has 0 saturated carbocycles. The van der Waals surface area contributed by atoms with Crippen molar-refractivity contribution in [2.45, 2.75) is 13.3 Å². The number of rotatable bonds is 1. The van der Waals surface area contributed by atoms with Crippen LogP contribution in [0.15, 0.2) is 30.3 Å². The molecule has 1 fully saturated rings. The molecule has 1 saturated heterocycles. The van der Waals surface area contributed by atoms with Gasteiger partial charge in [0.25, 0.3) is 0 Å². The summed E-state index contributed by atoms with van der Waals surface area (Å²) in [5.41, 5.74) is 0. The van der Waals surface area contributed by atoms with Gasteiger partial charge >= 0.3 is 0 Å². The highest BCUT2D eigenvalue weighted by Crippen LogP contribution is 2.52. The lowest BCUT2D eigenvalue weighted by atomic mass is 10.2. The smallest absolute Gasteiger partial charge is 0.115 e. The van der Waals surface area contributed by atoms with E-state index in [9.17, 15) is 4.57 Å². The Hall–Kier alpha value is -0.550. The van der Waals surface area contributed by atoms with Crippen LogP contribution in [0.3, 0.4) is 0 Å². The fourth-order valence-corrected chi connectivity index (χ4v) is 5.46. The minimum atomic E-state index is -1.98. The van der Waals surface area contributed by atoms with Crippen LogP contribution in [0, 0.1) is 5.92 Å². The van der Waals surface area contributed by atoms with Gasteiger partial charge in [0.15, 0.2) is 0 Å². The van der Waals surface area contributed by atoms with E-state index in [0.29, 0.717) is 5.92 Å². The van der Waals surface area contributed by atoms with Crippen molar-refractivity contribution in [3.63, 3.8) is 0 Å². The van der Waals surface area contributed by atoms with E-state index < -0.39 is 7.14 Å². The van der Waals surface area contributed by atoms with E-state index in [2.05, 4.69) is 6.92 Å². The van der Waals surface area contributed by atoms with Crippen molar-refractivity contribution < 1.29 is 4.57 Å². The highest BCUT2D eigenvalue weighted by molar-refractivity contribution is 7.71. The average molecular weight is 194 g/mol. The molecule has 13 heavy (non-hydrogen) atoms. The van der Waals surface area contributed by atoms with E-state index in [4.69, 9.17) is 0 Å². The fraction of sp³-hybridized carbons (Fsp3) is 0.455. The summed E-state index contributed by atoms with van der Waals surface area (Å²) in [7, 11) is -1.98. The van der Waals surface area contributed by atoms with Gasteiger partial charge in [-0.05, 0) is 12.3 Å². The largest absolute Gasteiger partial charge is 0.319 e. The average Bonchev–Trinajstić information content (AvgIpc) is 2.49. The molecule has 1 heterocycles. The molecule has 0 amide bonds. The topological polar surface area (TPSA) is 17.1 Å². The van der Waals surface area contributed by atoms with E-state index in [1.165, 1.54) is 0 Å². The third-order valence-corrected chi connectivity index (χ3v) is 6.25. The van der Waals surface area contributed by atoms with Gasteiger partial charge in [-0.1, -0.05) is 37.3 Å². The lowest BCUT2D eigenvalue weighted by Gasteiger charge is -2.10. The molecule has 0 bridgehead atoms. The SMILES string of the molecule is C[C@@H]1CCP(=O)(c2ccccc2)C1. The second-order valence-electron chi connectivity index (χ2n) is 4.02. The highest BCUT2D eigenvalue weighted by Gasteiger charge is 2.32. The molecule has 1 nitrogen and oxygen atoms in total. The maximum absolute atomic E-state index is 12.4. The molecule has 2 heteroatoms. The Bertz CT molecular complexity index is 331. The molecule has 2 atom stereocenters. The first-order valence-electron chi connectivity index (χ1n) is 4.84. The van der Waals surface area contributed by atoms with Crippen LogP contribution < -0.4 is 5.30 Å². The molecule has 0 aliphatic carbocycles. The number of benzene rings is 1. The molecule has 0 aromatic heterocycles. The molecule has 1 aliphatic rings. The number of hydrogen-bond acceptors (Lipinski definition) is 1. The summed E-state index contributed by atoms with van der Waals surface area (Å²) in [6.45, 7) is 2.20. The van der Waals surface area contributed by atoms with Crippen LogP contribution >= 0.6 is 7.14 Å². The van der Waals surface area contributed by atoms with Gasteiger partial charge in [-0.2, -0.15) is 0 Å². The van der Waals surface area contributed by atoms with Crippen LogP contribution in [0.25, 0.3) is 0 Å². The molecular formula is C11H15OP. The summed E-state index contributed by atoms with van der Waals surface area (Å²) in [6.07, 6.45) is 2.96. The first kappa shape index (κ1) is 9.02. The van der Waals surface area contributed by atoms with Crippen LogP contribution in [0.4, 0.5) is 0 Å². The molecule has 0 N–H and O–H groups in total. The minimum absolute atomic E-state index is 0.644. The zero-order valence-corrected chi connectivity index (χ0v) is 8.84. The first-order valence-corrected chi connectivity index (χ1v) is 6.92. The summed E-state index contributed by atoms with van der Waals surface area (Å²) in [5, 5.41) is 1.08. The molecule has 1 unspecified atom stereocenters. The zero-order chi connectivity index (χ0) is 9.31. The van der Waals surface area contributed by atoms with Crippen molar-refractivity contribution in [3.05, 3.63) is 30.3 Å². The standard InChI is InChI=1S/C11H15OP/c1-10-7-8-13(12,9-10)11-5-3-2-4-6-11/h2-6,10H,7-9H2,1H3/t10-,13?/m1/s1. The summed E-state index contributed by atoms with van der Waals surface area (Å²) in [6, 6.07) is 9.97. The predicted octanol–water partition coefficient (Wildman–Crippen LogP) is 2.71. The number of hydrogen-bond donors (Lipinski definition) is 0. The quantitative estimate of drug-likeness (QED) is 0.628. The van der Waals surface area contributed by atoms with E-state index in [-0.39, 0.29) is 0 Å². The molecule has 1 aromatic carbocycles. The summed E-state index contributed by atoms with van der Waals surface area (Å²) in [4.78, 5) is 0. The van der Waals surface area contributed by atoms with E-state index >= 15 is 0 Å². The van der Waals surface area contributed by atoms with Crippen molar-refractivity contribution in [3.8, 4) is 0 Å². The normalized spacial score (nSPS) is 33.5. The van der Waals surface area contributed by atoms with Crippen molar-refractivity contribution >= 4 is 12.4 Å². The van der Waals surface area contributed by atoms with Gasteiger partial charge in [-0.3, -0.25) is 0 Å². The Morgan fingerprint density at radius 1 is 1.31 bits per heavy atom. The van der Waals surface area contributed by atoms with Crippen LogP contribution in [0.1, 0.15) is 13.3 Å². The van der Waals surface area contributed by atoms with Gasteiger partial charge in [0.2, 0.25) is 0 Å². The van der Waals surface area contributed by atoms with E-state index in [1.807, 2.05) is 30.3 Å². The second kappa shape index (κ2) is 3.31. The predicted molar refractivity (Wildman–Crippen MR) is 57.2 cm³/mol. The summed E-state index contributed by atoms with van der Waals surface area (Å²) in [5.74, 6) is 0.644. The highest BCUT2D eigenvalue weighted by atomic mass is 31.2. The summed E-state index contributed by atoms with van der Waals surface area (Å²) < 4.78 is 12.4. The Morgan fingerprint density at radius 2 is 2.00 bits per heavy atom. The van der Waals surface area contributed by atoms with Crippen LogP contribution in [0.2, 0.25) is 0 Å². The van der Waals surface area contributed by atoms with Crippen molar-refractivity contribution in [1.29, 1.82) is 0 Å². The van der Waals surface area contributed by atoms with Gasteiger partial charge in [-0.15, -0.1) is 0 Å². The van der Waals surface area contributed by atoms with Crippen LogP contribution in [-0.4, -0.2) is 12.3 Å². The van der Waals surface area contributed by atoms with E-state index in [1.54, 1.807) is 0 Å². The molecular weight excluding hydrogens is 179 g/mol. The molecule has 1 aliphatic heterocycles. The van der Waals surface area contributed by atoms with Gasteiger partial charge in [-0.25, -0.2) is 0 Å². The van der Waals surface area contributed by atoms with Gasteiger partial charge in [0, 0.05) is 17.6 Å². The van der Waals surface area contributed by atoms with Gasteiger partial charge in [0.05, 0.1) is 0 Å². The van der Waals surface area contributed by atoms with Crippen LogP contribution in [0.5, 0.6) is 0 Å². The fourth-order valence-electron chi connectivity index (χ4n) is 2.05. The van der Waals surface area contributed by atoms with Crippen molar-refractivity contribution in [2.75, 3.05) is 12.3 Å². The Labute approximate surface area is 79.5 Å². The third kappa shape index (κ3) is 1.71. The minimum Gasteiger partial charge on any atom is -0.319 e. The third-order valence-electron chi connectivity index (χ3n) is 2.82. The molecule has 70 valence electrons. The van der Waals surface area contributed by atoms with Crippen molar-refractivity contribution in [2.24, 2.45) is 5.92 Å². The van der Waals surface area contributed by atoms with Crippen LogP contribution in [-0.2, 0) is 4.57 Å². The van der Waals surface area contributed by atoms with Gasteiger partial charge in [0.1, 0.15) is 7.14 Å². The monoisotopic (exact) mass is 194 g/mol. The molecule has 0 spiro atoms. The summed E-state index contributed by atoms with van der Waals surface area (Å²) >= 11 is 0. The lowest BCUT2D eigenvalue weighted by molar-refractivity contribution is 0.583. The lowest BCUT2D eigenvalue weighted by Crippen LogP contribution is -2.05. The zero-order valence-electron chi connectivity index (χ0n) is 7.94. The molecule has 0 radical (unpaired) electrons. The maximum atomic E-state index is 12.4. The molecule has 2 rings (SSSR count). The first-order chi connectivity index (χ1) is 6.21. The second-order valence-corrected chi connectivity index (χ2v) is 7.13. The Kier molecular flexibility index (Phi) is 2.29.